The van der Waals surface area contributed by atoms with Crippen LogP contribution in [0.4, 0.5) is 0 Å². The van der Waals surface area contributed by atoms with Crippen LogP contribution >= 0.6 is 11.6 Å². The first-order valence-corrected chi connectivity index (χ1v) is 14.6. The lowest BCUT2D eigenvalue weighted by Gasteiger charge is -2.32. The van der Waals surface area contributed by atoms with Gasteiger partial charge in [-0.2, -0.15) is 0 Å². The summed E-state index contributed by atoms with van der Waals surface area (Å²) in [7, 11) is 1.67. The minimum atomic E-state index is -1.19. The normalized spacial score (nSPS) is 19.9. The summed E-state index contributed by atoms with van der Waals surface area (Å²) in [6.07, 6.45) is -1.19. The second-order valence-corrected chi connectivity index (χ2v) is 11.5. The van der Waals surface area contributed by atoms with Gasteiger partial charge in [-0.3, -0.25) is 14.4 Å². The van der Waals surface area contributed by atoms with Crippen LogP contribution in [0, 0.1) is 5.92 Å². The van der Waals surface area contributed by atoms with Crippen molar-refractivity contribution in [3.05, 3.63) is 107 Å². The molecule has 9 heteroatoms. The largest absolute Gasteiger partial charge is 0.390 e. The number of benzene rings is 3. The van der Waals surface area contributed by atoms with Crippen LogP contribution in [0.3, 0.4) is 0 Å². The fourth-order valence-corrected chi connectivity index (χ4v) is 5.48. The molecular formula is C33H39ClN4O4. The Morgan fingerprint density at radius 3 is 1.90 bits per heavy atom. The van der Waals surface area contributed by atoms with Crippen molar-refractivity contribution in [1.29, 1.82) is 0 Å². The van der Waals surface area contributed by atoms with Crippen molar-refractivity contribution in [3.8, 4) is 0 Å². The highest BCUT2D eigenvalue weighted by molar-refractivity contribution is 6.30. The summed E-state index contributed by atoms with van der Waals surface area (Å²) in [4.78, 5) is 42.5. The van der Waals surface area contributed by atoms with Crippen molar-refractivity contribution in [2.75, 3.05) is 13.6 Å². The van der Waals surface area contributed by atoms with Gasteiger partial charge in [-0.25, -0.2) is 0 Å². The number of carbonyl (C=O) groups excluding carboxylic acids is 3. The Kier molecular flexibility index (Phi) is 10.4. The first kappa shape index (κ1) is 31.2. The van der Waals surface area contributed by atoms with Gasteiger partial charge in [0.15, 0.2) is 0 Å². The van der Waals surface area contributed by atoms with Gasteiger partial charge in [-0.15, -0.1) is 0 Å². The SMILES string of the molecule is CN[C@@H](C)C(=O)N[C@H](C(=O)N1C[C@H](c2ccc(Cl)cc2)[C@@H](O)[C@H]1C(=O)NC(c1ccccc1)c1ccccc1)C(C)C. The lowest BCUT2D eigenvalue weighted by atomic mass is 9.92. The predicted molar refractivity (Wildman–Crippen MR) is 164 cm³/mol. The maximum atomic E-state index is 14.1. The molecule has 42 heavy (non-hydrogen) atoms. The van der Waals surface area contributed by atoms with Crippen molar-refractivity contribution >= 4 is 29.3 Å². The number of rotatable bonds is 10. The standard InChI is InChI=1S/C33H39ClN4O4/c1-20(2)27(36-31(40)21(3)35-4)33(42)38-19-26(22-15-17-25(34)18-16-22)30(39)29(38)32(41)37-28(23-11-7-5-8-12-23)24-13-9-6-10-14-24/h5-18,20-21,26-30,35,39H,19H2,1-4H3,(H,36,40)(H,37,41)/t21-,26+,27-,29-,30+/m0/s1. The molecule has 3 aromatic carbocycles. The average molecular weight is 591 g/mol. The van der Waals surface area contributed by atoms with Gasteiger partial charge in [0.25, 0.3) is 0 Å². The molecule has 1 heterocycles. The quantitative estimate of drug-likeness (QED) is 0.288. The molecule has 0 bridgehead atoms. The molecule has 222 valence electrons. The van der Waals surface area contributed by atoms with Gasteiger partial charge in [0, 0.05) is 17.5 Å². The fourth-order valence-electron chi connectivity index (χ4n) is 5.35. The molecule has 1 fully saturated rings. The Morgan fingerprint density at radius 2 is 1.40 bits per heavy atom. The Bertz CT molecular complexity index is 1310. The van der Waals surface area contributed by atoms with E-state index in [1.165, 1.54) is 4.90 Å². The minimum Gasteiger partial charge on any atom is -0.390 e. The Hall–Kier alpha value is -3.72. The molecule has 0 unspecified atom stereocenters. The number of hydrogen-bond acceptors (Lipinski definition) is 5. The summed E-state index contributed by atoms with van der Waals surface area (Å²) >= 11 is 6.11. The number of aliphatic hydroxyl groups is 1. The highest BCUT2D eigenvalue weighted by atomic mass is 35.5. The van der Waals surface area contributed by atoms with Crippen molar-refractivity contribution < 1.29 is 19.5 Å². The number of nitrogens with one attached hydrogen (secondary N) is 3. The fraction of sp³-hybridized carbons (Fsp3) is 0.364. The number of likely N-dealkylation sites (tertiary alicyclic amines) is 1. The van der Waals surface area contributed by atoms with Gasteiger partial charge in [0.05, 0.1) is 18.2 Å². The summed E-state index contributed by atoms with van der Waals surface area (Å²) in [5.41, 5.74) is 2.49. The molecule has 4 N–H and O–H groups in total. The molecule has 1 saturated heterocycles. The molecule has 4 rings (SSSR count). The molecule has 1 aliphatic heterocycles. The van der Waals surface area contributed by atoms with E-state index in [0.29, 0.717) is 5.02 Å². The van der Waals surface area contributed by atoms with E-state index in [1.54, 1.807) is 38.2 Å². The highest BCUT2D eigenvalue weighted by Crippen LogP contribution is 2.35. The zero-order valence-electron chi connectivity index (χ0n) is 24.3. The summed E-state index contributed by atoms with van der Waals surface area (Å²) in [5.74, 6) is -2.03. The second kappa shape index (κ2) is 14.0. The monoisotopic (exact) mass is 590 g/mol. The van der Waals surface area contributed by atoms with Crippen LogP contribution in [0.2, 0.25) is 5.02 Å². The summed E-state index contributed by atoms with van der Waals surface area (Å²) in [6.45, 7) is 5.48. The molecule has 0 radical (unpaired) electrons. The number of hydrogen-bond donors (Lipinski definition) is 4. The molecule has 0 aromatic heterocycles. The van der Waals surface area contributed by atoms with E-state index in [0.717, 1.165) is 16.7 Å². The first-order valence-electron chi connectivity index (χ1n) is 14.2. The molecule has 3 aromatic rings. The van der Waals surface area contributed by atoms with E-state index < -0.39 is 48.0 Å². The Morgan fingerprint density at radius 1 is 0.857 bits per heavy atom. The van der Waals surface area contributed by atoms with Crippen molar-refractivity contribution in [2.45, 2.75) is 57.0 Å². The smallest absolute Gasteiger partial charge is 0.246 e. The van der Waals surface area contributed by atoms with E-state index in [1.807, 2.05) is 74.5 Å². The lowest BCUT2D eigenvalue weighted by molar-refractivity contribution is -0.144. The van der Waals surface area contributed by atoms with Crippen LogP contribution in [0.25, 0.3) is 0 Å². The third kappa shape index (κ3) is 7.01. The van der Waals surface area contributed by atoms with E-state index in [9.17, 15) is 19.5 Å². The van der Waals surface area contributed by atoms with Crippen LogP contribution < -0.4 is 16.0 Å². The van der Waals surface area contributed by atoms with E-state index >= 15 is 0 Å². The van der Waals surface area contributed by atoms with Crippen molar-refractivity contribution in [1.82, 2.24) is 20.9 Å². The van der Waals surface area contributed by atoms with Crippen LogP contribution in [-0.2, 0) is 14.4 Å². The molecule has 1 aliphatic rings. The van der Waals surface area contributed by atoms with Crippen molar-refractivity contribution in [3.63, 3.8) is 0 Å². The minimum absolute atomic E-state index is 0.0989. The number of nitrogens with zero attached hydrogens (tertiary/aromatic N) is 1. The molecule has 0 saturated carbocycles. The molecule has 0 spiro atoms. The first-order chi connectivity index (χ1) is 20.1. The van der Waals surface area contributed by atoms with Crippen LogP contribution in [0.5, 0.6) is 0 Å². The van der Waals surface area contributed by atoms with Gasteiger partial charge in [-0.05, 0) is 48.7 Å². The highest BCUT2D eigenvalue weighted by Gasteiger charge is 2.49. The van der Waals surface area contributed by atoms with E-state index in [2.05, 4.69) is 16.0 Å². The maximum absolute atomic E-state index is 14.1. The zero-order valence-corrected chi connectivity index (χ0v) is 25.1. The average Bonchev–Trinajstić information content (AvgIpc) is 3.35. The lowest BCUT2D eigenvalue weighted by Crippen LogP contribution is -2.58. The van der Waals surface area contributed by atoms with Crippen LogP contribution in [0.15, 0.2) is 84.9 Å². The molecular weight excluding hydrogens is 552 g/mol. The Balaban J connectivity index is 1.70. The number of amides is 3. The molecule has 3 amide bonds. The summed E-state index contributed by atoms with van der Waals surface area (Å²) in [5, 5.41) is 21.1. The van der Waals surface area contributed by atoms with E-state index in [4.69, 9.17) is 11.6 Å². The molecule has 0 aliphatic carbocycles. The number of aliphatic hydroxyl groups excluding tert-OH is 1. The number of halogens is 1. The second-order valence-electron chi connectivity index (χ2n) is 11.1. The number of carbonyl (C=O) groups is 3. The van der Waals surface area contributed by atoms with E-state index in [-0.39, 0.29) is 18.4 Å². The zero-order chi connectivity index (χ0) is 30.4. The third-order valence-electron chi connectivity index (χ3n) is 7.92. The van der Waals surface area contributed by atoms with Gasteiger partial charge in [0.1, 0.15) is 12.1 Å². The topological polar surface area (TPSA) is 111 Å². The van der Waals surface area contributed by atoms with Crippen molar-refractivity contribution in [2.24, 2.45) is 5.92 Å². The molecule has 5 atom stereocenters. The van der Waals surface area contributed by atoms with Crippen LogP contribution in [-0.4, -0.2) is 65.5 Å². The van der Waals surface area contributed by atoms with Gasteiger partial charge >= 0.3 is 0 Å². The molecule has 8 nitrogen and oxygen atoms in total. The van der Waals surface area contributed by atoms with Gasteiger partial charge < -0.3 is 26.0 Å². The van der Waals surface area contributed by atoms with Gasteiger partial charge in [-0.1, -0.05) is 98.2 Å². The predicted octanol–water partition coefficient (Wildman–Crippen LogP) is 3.65. The van der Waals surface area contributed by atoms with Crippen LogP contribution in [0.1, 0.15) is 49.4 Å². The summed E-state index contributed by atoms with van der Waals surface area (Å²) < 4.78 is 0. The Labute approximate surface area is 252 Å². The third-order valence-corrected chi connectivity index (χ3v) is 8.18. The van der Waals surface area contributed by atoms with Gasteiger partial charge in [0.2, 0.25) is 17.7 Å². The maximum Gasteiger partial charge on any atom is 0.246 e. The summed E-state index contributed by atoms with van der Waals surface area (Å²) in [6, 6.07) is 23.1. The number of likely N-dealkylation sites (N-methyl/N-ethyl adjacent to an activating group) is 1.